The summed E-state index contributed by atoms with van der Waals surface area (Å²) in [5.74, 6) is -2.78. The number of carbonyl (C=O) groups is 3. The lowest BCUT2D eigenvalue weighted by Crippen LogP contribution is -2.52. The molecule has 28 heavy (non-hydrogen) atoms. The molecule has 7 heteroatoms. The van der Waals surface area contributed by atoms with Crippen molar-refractivity contribution in [3.8, 4) is 0 Å². The van der Waals surface area contributed by atoms with Crippen LogP contribution in [0.25, 0.3) is 0 Å². The summed E-state index contributed by atoms with van der Waals surface area (Å²) in [5, 5.41) is 6.10. The van der Waals surface area contributed by atoms with Crippen LogP contribution < -0.4 is 10.6 Å². The first-order chi connectivity index (χ1) is 13.4. The van der Waals surface area contributed by atoms with Crippen LogP contribution >= 0.6 is 0 Å². The second-order valence-electron chi connectivity index (χ2n) is 7.63. The highest BCUT2D eigenvalue weighted by Gasteiger charge is 2.69. The largest absolute Gasteiger partial charge is 0.324 e. The number of para-hydroxylation sites is 1. The van der Waals surface area contributed by atoms with E-state index in [9.17, 15) is 18.8 Å². The van der Waals surface area contributed by atoms with E-state index in [2.05, 4.69) is 10.6 Å². The molecule has 6 nitrogen and oxygen atoms in total. The third-order valence-corrected chi connectivity index (χ3v) is 6.12. The Balaban J connectivity index is 1.56. The molecule has 142 valence electrons. The Morgan fingerprint density at radius 2 is 1.75 bits per heavy atom. The van der Waals surface area contributed by atoms with Crippen molar-refractivity contribution in [3.05, 3.63) is 65.5 Å². The van der Waals surface area contributed by atoms with E-state index >= 15 is 0 Å². The van der Waals surface area contributed by atoms with Crippen molar-refractivity contribution in [2.45, 2.75) is 25.0 Å². The Morgan fingerprint density at radius 3 is 2.50 bits per heavy atom. The molecule has 0 aliphatic carbocycles. The van der Waals surface area contributed by atoms with Gasteiger partial charge in [0.25, 0.3) is 0 Å². The van der Waals surface area contributed by atoms with Gasteiger partial charge in [0.1, 0.15) is 11.4 Å². The average molecular weight is 379 g/mol. The van der Waals surface area contributed by atoms with Crippen molar-refractivity contribution in [1.82, 2.24) is 10.2 Å². The van der Waals surface area contributed by atoms with E-state index in [0.29, 0.717) is 16.8 Å². The van der Waals surface area contributed by atoms with Crippen molar-refractivity contribution < 1.29 is 18.8 Å². The topological polar surface area (TPSA) is 78.5 Å². The fourth-order valence-corrected chi connectivity index (χ4v) is 4.91. The summed E-state index contributed by atoms with van der Waals surface area (Å²) in [6, 6.07) is 12.6. The van der Waals surface area contributed by atoms with Crippen LogP contribution in [0.3, 0.4) is 0 Å². The van der Waals surface area contributed by atoms with Crippen LogP contribution in [0.1, 0.15) is 18.1 Å². The minimum absolute atomic E-state index is 0.0665. The molecule has 3 amide bonds. The summed E-state index contributed by atoms with van der Waals surface area (Å²) < 4.78 is 13.2. The van der Waals surface area contributed by atoms with E-state index in [1.165, 1.54) is 17.0 Å². The number of nitrogens with zero attached hydrogens (tertiary/aromatic N) is 1. The summed E-state index contributed by atoms with van der Waals surface area (Å²) in [5.41, 5.74) is 0.772. The second-order valence-corrected chi connectivity index (χ2v) is 7.63. The van der Waals surface area contributed by atoms with Crippen molar-refractivity contribution in [3.63, 3.8) is 0 Å². The predicted octanol–water partition coefficient (Wildman–Crippen LogP) is 1.77. The van der Waals surface area contributed by atoms with Crippen molar-refractivity contribution in [2.75, 3.05) is 5.32 Å². The number of halogens is 1. The molecule has 4 atom stereocenters. The Bertz CT molecular complexity index is 1020. The monoisotopic (exact) mass is 379 g/mol. The molecule has 0 radical (unpaired) electrons. The molecule has 0 bridgehead atoms. The van der Waals surface area contributed by atoms with Crippen LogP contribution in [0, 0.1) is 17.7 Å². The van der Waals surface area contributed by atoms with Crippen molar-refractivity contribution in [1.29, 1.82) is 0 Å². The van der Waals surface area contributed by atoms with Gasteiger partial charge < -0.3 is 5.32 Å². The van der Waals surface area contributed by atoms with E-state index in [-0.39, 0.29) is 36.1 Å². The lowest BCUT2D eigenvalue weighted by atomic mass is 9.76. The smallest absolute Gasteiger partial charge is 0.250 e. The van der Waals surface area contributed by atoms with Gasteiger partial charge in [0.15, 0.2) is 0 Å². The number of likely N-dealkylation sites (tertiary alicyclic amines) is 1. The zero-order valence-electron chi connectivity index (χ0n) is 15.1. The molecule has 2 saturated heterocycles. The number of amides is 3. The van der Waals surface area contributed by atoms with Gasteiger partial charge >= 0.3 is 0 Å². The first-order valence-corrected chi connectivity index (χ1v) is 9.22. The SMILES string of the molecule is C[C@H]1N[C@]2(C(=O)Nc3ccccc32)[C@H]2C(=O)N(Cc3ccc(F)cc3)C(=O)[C@H]12. The lowest BCUT2D eigenvalue weighted by molar-refractivity contribution is -0.143. The lowest BCUT2D eigenvalue weighted by Gasteiger charge is -2.29. The molecular weight excluding hydrogens is 361 g/mol. The van der Waals surface area contributed by atoms with Gasteiger partial charge in [-0.2, -0.15) is 0 Å². The molecule has 2 fully saturated rings. The van der Waals surface area contributed by atoms with E-state index in [1.807, 2.05) is 25.1 Å². The number of imide groups is 1. The third kappa shape index (κ3) is 2.08. The maximum Gasteiger partial charge on any atom is 0.250 e. The molecule has 2 N–H and O–H groups in total. The van der Waals surface area contributed by atoms with Gasteiger partial charge in [-0.25, -0.2) is 4.39 Å². The highest BCUT2D eigenvalue weighted by Crippen LogP contribution is 2.52. The van der Waals surface area contributed by atoms with Crippen LogP contribution in [-0.2, 0) is 26.5 Å². The molecule has 0 saturated carbocycles. The number of carbonyl (C=O) groups excluding carboxylic acids is 3. The number of anilines is 1. The van der Waals surface area contributed by atoms with E-state index in [0.717, 1.165) is 0 Å². The highest BCUT2D eigenvalue weighted by atomic mass is 19.1. The summed E-state index contributed by atoms with van der Waals surface area (Å²) in [7, 11) is 0. The summed E-state index contributed by atoms with van der Waals surface area (Å²) in [6.45, 7) is 1.89. The Labute approximate surface area is 160 Å². The van der Waals surface area contributed by atoms with Crippen LogP contribution in [0.4, 0.5) is 10.1 Å². The zero-order valence-corrected chi connectivity index (χ0v) is 15.1. The first kappa shape index (κ1) is 17.1. The van der Waals surface area contributed by atoms with Gasteiger partial charge in [-0.05, 0) is 30.7 Å². The number of rotatable bonds is 2. The van der Waals surface area contributed by atoms with E-state index < -0.39 is 17.4 Å². The molecule has 3 aliphatic heterocycles. The summed E-state index contributed by atoms with van der Waals surface area (Å²) >= 11 is 0. The minimum Gasteiger partial charge on any atom is -0.324 e. The molecule has 0 aromatic heterocycles. The molecule has 2 aromatic carbocycles. The third-order valence-electron chi connectivity index (χ3n) is 6.12. The molecule has 0 unspecified atom stereocenters. The highest BCUT2D eigenvalue weighted by molar-refractivity contribution is 6.15. The van der Waals surface area contributed by atoms with Gasteiger partial charge in [-0.3, -0.25) is 24.6 Å². The van der Waals surface area contributed by atoms with E-state index in [1.54, 1.807) is 18.2 Å². The first-order valence-electron chi connectivity index (χ1n) is 9.22. The Hall–Kier alpha value is -3.06. The predicted molar refractivity (Wildman–Crippen MR) is 98.3 cm³/mol. The molecule has 3 heterocycles. The maximum atomic E-state index is 13.3. The molecule has 5 rings (SSSR count). The number of hydrogen-bond acceptors (Lipinski definition) is 4. The average Bonchev–Trinajstić information content (AvgIpc) is 3.23. The van der Waals surface area contributed by atoms with Crippen LogP contribution in [0.5, 0.6) is 0 Å². The minimum atomic E-state index is -1.25. The summed E-state index contributed by atoms with van der Waals surface area (Å²) in [4.78, 5) is 40.6. The number of benzene rings is 2. The van der Waals surface area contributed by atoms with Gasteiger partial charge in [0.2, 0.25) is 17.7 Å². The fraction of sp³-hybridized carbons (Fsp3) is 0.286. The standard InChI is InChI=1S/C21H18FN3O3/c1-11-16-17(21(24-11)14-4-2-3-5-15(14)23-20(21)28)19(27)25(18(16)26)10-12-6-8-13(22)9-7-12/h2-9,11,16-17,24H,10H2,1H3,(H,23,28)/t11-,16-,17-,21+/m1/s1. The van der Waals surface area contributed by atoms with Crippen LogP contribution in [0.2, 0.25) is 0 Å². The Kier molecular flexibility index (Phi) is 3.49. The molecule has 1 spiro atoms. The van der Waals surface area contributed by atoms with E-state index in [4.69, 9.17) is 0 Å². The number of fused-ring (bicyclic) bond motifs is 4. The molecular formula is C21H18FN3O3. The van der Waals surface area contributed by atoms with Gasteiger partial charge in [0.05, 0.1) is 18.4 Å². The van der Waals surface area contributed by atoms with Gasteiger partial charge in [0, 0.05) is 17.3 Å². The maximum absolute atomic E-state index is 13.3. The number of hydrogen-bond donors (Lipinski definition) is 2. The zero-order chi connectivity index (χ0) is 19.6. The van der Waals surface area contributed by atoms with Gasteiger partial charge in [-0.15, -0.1) is 0 Å². The normalized spacial score (nSPS) is 30.7. The molecule has 3 aliphatic rings. The van der Waals surface area contributed by atoms with Crippen LogP contribution in [-0.4, -0.2) is 28.7 Å². The van der Waals surface area contributed by atoms with Crippen LogP contribution in [0.15, 0.2) is 48.5 Å². The summed E-state index contributed by atoms with van der Waals surface area (Å²) in [6.07, 6.45) is 0. The quantitative estimate of drug-likeness (QED) is 0.780. The number of nitrogens with one attached hydrogen (secondary N) is 2. The second kappa shape index (κ2) is 5.72. The molecule has 2 aromatic rings. The van der Waals surface area contributed by atoms with Crippen molar-refractivity contribution in [2.24, 2.45) is 11.8 Å². The van der Waals surface area contributed by atoms with Crippen molar-refractivity contribution >= 4 is 23.4 Å². The van der Waals surface area contributed by atoms with Gasteiger partial charge in [-0.1, -0.05) is 30.3 Å². The fourth-order valence-electron chi connectivity index (χ4n) is 4.91. The Morgan fingerprint density at radius 1 is 1.04 bits per heavy atom.